The highest BCUT2D eigenvalue weighted by Crippen LogP contribution is 2.28. The molecule has 94 valence electrons. The van der Waals surface area contributed by atoms with Gasteiger partial charge in [0.25, 0.3) is 0 Å². The Bertz CT molecular complexity index is 546. The molecule has 1 aromatic carbocycles. The second kappa shape index (κ2) is 5.55. The van der Waals surface area contributed by atoms with Gasteiger partial charge in [-0.1, -0.05) is 0 Å². The number of hydrogen-bond acceptors (Lipinski definition) is 4. The predicted molar refractivity (Wildman–Crippen MR) is 66.7 cm³/mol. The van der Waals surface area contributed by atoms with Gasteiger partial charge in [0.1, 0.15) is 17.4 Å². The number of hydrogen-bond donors (Lipinski definition) is 1. The van der Waals surface area contributed by atoms with Gasteiger partial charge in [0.05, 0.1) is 19.3 Å². The molecule has 0 unspecified atom stereocenters. The summed E-state index contributed by atoms with van der Waals surface area (Å²) in [7, 11) is 3.37. The minimum absolute atomic E-state index is 0.320. The smallest absolute Gasteiger partial charge is 0.142 e. The van der Waals surface area contributed by atoms with Gasteiger partial charge in [-0.3, -0.25) is 0 Å². The Morgan fingerprint density at radius 2 is 2.17 bits per heavy atom. The second-order valence-corrected chi connectivity index (χ2v) is 3.73. The summed E-state index contributed by atoms with van der Waals surface area (Å²) in [6.07, 6.45) is 1.65. The maximum atomic E-state index is 13.3. The van der Waals surface area contributed by atoms with E-state index >= 15 is 0 Å². The summed E-state index contributed by atoms with van der Waals surface area (Å²) in [4.78, 5) is 8.49. The molecule has 1 aromatic heterocycles. The third-order valence-corrected chi connectivity index (χ3v) is 2.48. The summed E-state index contributed by atoms with van der Waals surface area (Å²) in [6.45, 7) is 0.561. The van der Waals surface area contributed by atoms with E-state index in [9.17, 15) is 4.39 Å². The average Bonchev–Trinajstić information content (AvgIpc) is 2.39. The van der Waals surface area contributed by atoms with Gasteiger partial charge >= 0.3 is 0 Å². The van der Waals surface area contributed by atoms with Crippen molar-refractivity contribution in [1.82, 2.24) is 15.3 Å². The molecule has 0 spiro atoms. The van der Waals surface area contributed by atoms with Gasteiger partial charge in [0, 0.05) is 11.8 Å². The fourth-order valence-electron chi connectivity index (χ4n) is 1.67. The van der Waals surface area contributed by atoms with Crippen LogP contribution in [0.5, 0.6) is 5.75 Å². The van der Waals surface area contributed by atoms with Crippen molar-refractivity contribution < 1.29 is 9.13 Å². The van der Waals surface area contributed by atoms with E-state index in [0.717, 1.165) is 0 Å². The quantitative estimate of drug-likeness (QED) is 0.897. The SMILES string of the molecule is CNCc1nccc(-c2cc(F)ccc2OC)n1. The largest absolute Gasteiger partial charge is 0.496 e. The first-order valence-electron chi connectivity index (χ1n) is 5.55. The van der Waals surface area contributed by atoms with E-state index in [0.29, 0.717) is 29.4 Å². The van der Waals surface area contributed by atoms with Crippen LogP contribution >= 0.6 is 0 Å². The first-order chi connectivity index (χ1) is 8.74. The van der Waals surface area contributed by atoms with E-state index in [-0.39, 0.29) is 5.82 Å². The Morgan fingerprint density at radius 1 is 1.33 bits per heavy atom. The molecular weight excluding hydrogens is 233 g/mol. The normalized spacial score (nSPS) is 10.4. The Labute approximate surface area is 105 Å². The molecule has 0 amide bonds. The number of ether oxygens (including phenoxy) is 1. The van der Waals surface area contributed by atoms with Crippen LogP contribution in [-0.2, 0) is 6.54 Å². The first kappa shape index (κ1) is 12.4. The molecule has 1 heterocycles. The zero-order chi connectivity index (χ0) is 13.0. The van der Waals surface area contributed by atoms with Crippen LogP contribution in [0.3, 0.4) is 0 Å². The van der Waals surface area contributed by atoms with Gasteiger partial charge in [-0.2, -0.15) is 0 Å². The molecule has 0 atom stereocenters. The molecule has 1 N–H and O–H groups in total. The Balaban J connectivity index is 2.47. The number of rotatable bonds is 4. The number of benzene rings is 1. The molecule has 18 heavy (non-hydrogen) atoms. The minimum Gasteiger partial charge on any atom is -0.496 e. The second-order valence-electron chi connectivity index (χ2n) is 3.73. The molecule has 2 aromatic rings. The number of nitrogens with one attached hydrogen (secondary N) is 1. The summed E-state index contributed by atoms with van der Waals surface area (Å²) in [5, 5.41) is 2.97. The highest BCUT2D eigenvalue weighted by molar-refractivity contribution is 5.66. The number of methoxy groups -OCH3 is 1. The molecule has 0 bridgehead atoms. The van der Waals surface area contributed by atoms with Crippen molar-refractivity contribution in [3.05, 3.63) is 42.1 Å². The Kier molecular flexibility index (Phi) is 3.84. The van der Waals surface area contributed by atoms with E-state index in [2.05, 4.69) is 15.3 Å². The van der Waals surface area contributed by atoms with Crippen LogP contribution in [0.1, 0.15) is 5.82 Å². The van der Waals surface area contributed by atoms with Crippen LogP contribution in [0.25, 0.3) is 11.3 Å². The van der Waals surface area contributed by atoms with Crippen LogP contribution in [0.2, 0.25) is 0 Å². The highest BCUT2D eigenvalue weighted by atomic mass is 19.1. The first-order valence-corrected chi connectivity index (χ1v) is 5.55. The Morgan fingerprint density at radius 3 is 2.89 bits per heavy atom. The number of aromatic nitrogens is 2. The van der Waals surface area contributed by atoms with Crippen molar-refractivity contribution in [1.29, 1.82) is 0 Å². The van der Waals surface area contributed by atoms with Crippen molar-refractivity contribution >= 4 is 0 Å². The summed E-state index contributed by atoms with van der Waals surface area (Å²) in [6, 6.07) is 6.09. The van der Waals surface area contributed by atoms with E-state index in [1.165, 1.54) is 12.1 Å². The lowest BCUT2D eigenvalue weighted by atomic mass is 10.1. The van der Waals surface area contributed by atoms with Gasteiger partial charge < -0.3 is 10.1 Å². The monoisotopic (exact) mass is 247 g/mol. The molecule has 4 nitrogen and oxygen atoms in total. The molecule has 0 aliphatic heterocycles. The lowest BCUT2D eigenvalue weighted by molar-refractivity contribution is 0.415. The molecule has 0 aliphatic carbocycles. The van der Waals surface area contributed by atoms with E-state index in [1.54, 1.807) is 25.4 Å². The van der Waals surface area contributed by atoms with Crippen LogP contribution in [0.15, 0.2) is 30.5 Å². The summed E-state index contributed by atoms with van der Waals surface area (Å²) < 4.78 is 18.5. The Hall–Kier alpha value is -2.01. The van der Waals surface area contributed by atoms with Crippen LogP contribution < -0.4 is 10.1 Å². The summed E-state index contributed by atoms with van der Waals surface area (Å²) in [5.74, 6) is 0.923. The van der Waals surface area contributed by atoms with Gasteiger partial charge in [0.15, 0.2) is 0 Å². The fraction of sp³-hybridized carbons (Fsp3) is 0.231. The van der Waals surface area contributed by atoms with Gasteiger partial charge in [-0.25, -0.2) is 14.4 Å². The molecule has 0 fully saturated rings. The van der Waals surface area contributed by atoms with Crippen LogP contribution in [0, 0.1) is 5.82 Å². The average molecular weight is 247 g/mol. The lowest BCUT2D eigenvalue weighted by Crippen LogP contribution is -2.09. The van der Waals surface area contributed by atoms with Gasteiger partial charge in [-0.15, -0.1) is 0 Å². The minimum atomic E-state index is -0.320. The van der Waals surface area contributed by atoms with Gasteiger partial charge in [-0.05, 0) is 31.3 Å². The predicted octanol–water partition coefficient (Wildman–Crippen LogP) is 2.01. The van der Waals surface area contributed by atoms with Gasteiger partial charge in [0.2, 0.25) is 0 Å². The molecule has 0 saturated carbocycles. The molecule has 0 aliphatic rings. The third-order valence-electron chi connectivity index (χ3n) is 2.48. The van der Waals surface area contributed by atoms with Crippen LogP contribution in [-0.4, -0.2) is 24.1 Å². The van der Waals surface area contributed by atoms with Crippen molar-refractivity contribution in [2.24, 2.45) is 0 Å². The molecule has 0 saturated heterocycles. The van der Waals surface area contributed by atoms with Crippen molar-refractivity contribution in [3.63, 3.8) is 0 Å². The topological polar surface area (TPSA) is 47.0 Å². The van der Waals surface area contributed by atoms with Crippen molar-refractivity contribution in [3.8, 4) is 17.0 Å². The zero-order valence-electron chi connectivity index (χ0n) is 10.3. The van der Waals surface area contributed by atoms with Crippen molar-refractivity contribution in [2.75, 3.05) is 14.2 Å². The maximum absolute atomic E-state index is 13.3. The molecular formula is C13H14FN3O. The molecule has 2 rings (SSSR count). The van der Waals surface area contributed by atoms with E-state index in [4.69, 9.17) is 4.74 Å². The lowest BCUT2D eigenvalue weighted by Gasteiger charge is -2.08. The molecule has 0 radical (unpaired) electrons. The van der Waals surface area contributed by atoms with E-state index < -0.39 is 0 Å². The zero-order valence-corrected chi connectivity index (χ0v) is 10.3. The van der Waals surface area contributed by atoms with Crippen molar-refractivity contribution in [2.45, 2.75) is 6.54 Å². The summed E-state index contributed by atoms with van der Waals surface area (Å²) in [5.41, 5.74) is 1.27. The highest BCUT2D eigenvalue weighted by Gasteiger charge is 2.09. The maximum Gasteiger partial charge on any atom is 0.142 e. The van der Waals surface area contributed by atoms with Crippen LogP contribution in [0.4, 0.5) is 4.39 Å². The fourth-order valence-corrected chi connectivity index (χ4v) is 1.67. The molecule has 5 heteroatoms. The number of halogens is 1. The summed E-state index contributed by atoms with van der Waals surface area (Å²) >= 11 is 0. The van der Waals surface area contributed by atoms with E-state index in [1.807, 2.05) is 7.05 Å². The standard InChI is InChI=1S/C13H14FN3O/c1-15-8-13-16-6-5-11(17-13)10-7-9(14)3-4-12(10)18-2/h3-7,15H,8H2,1-2H3. The third kappa shape index (κ3) is 2.62. The number of nitrogens with zero attached hydrogens (tertiary/aromatic N) is 2.